The molecular weight excluding hydrogens is 394 g/mol. The number of sulfonamides is 1. The van der Waals surface area contributed by atoms with Crippen LogP contribution in [0.5, 0.6) is 23.0 Å². The van der Waals surface area contributed by atoms with Crippen LogP contribution in [0.4, 0.5) is 0 Å². The third kappa shape index (κ3) is 4.59. The molecule has 2 aromatic carbocycles. The summed E-state index contributed by atoms with van der Waals surface area (Å²) in [6.07, 6.45) is 1.61. The van der Waals surface area contributed by atoms with Crippen molar-refractivity contribution in [1.29, 1.82) is 0 Å². The van der Waals surface area contributed by atoms with Gasteiger partial charge in [0, 0.05) is 6.54 Å². The van der Waals surface area contributed by atoms with E-state index in [1.54, 1.807) is 30.3 Å². The number of hydrogen-bond acceptors (Lipinski definition) is 6. The molecular formula is C21H27NO6S. The molecule has 0 bridgehead atoms. The van der Waals surface area contributed by atoms with Crippen LogP contribution in [-0.2, 0) is 23.0 Å². The minimum atomic E-state index is -3.69. The number of rotatable bonds is 7. The molecule has 1 aliphatic rings. The maximum atomic E-state index is 12.8. The van der Waals surface area contributed by atoms with E-state index in [2.05, 4.69) is 4.72 Å². The molecule has 8 heteroatoms. The molecule has 0 unspecified atom stereocenters. The van der Waals surface area contributed by atoms with Crippen LogP contribution in [0.25, 0.3) is 0 Å². The second kappa shape index (κ2) is 8.12. The first kappa shape index (κ1) is 21.3. The average molecular weight is 422 g/mol. The molecule has 1 heterocycles. The summed E-state index contributed by atoms with van der Waals surface area (Å²) in [7, 11) is 0.855. The van der Waals surface area contributed by atoms with Gasteiger partial charge in [0.15, 0.2) is 11.5 Å². The third-order valence-corrected chi connectivity index (χ3v) is 6.31. The Morgan fingerprint density at radius 1 is 1.03 bits per heavy atom. The first-order valence-corrected chi connectivity index (χ1v) is 10.8. The fourth-order valence-electron chi connectivity index (χ4n) is 3.30. The van der Waals surface area contributed by atoms with Gasteiger partial charge in [-0.25, -0.2) is 13.1 Å². The summed E-state index contributed by atoms with van der Waals surface area (Å²) in [6.45, 7) is 4.14. The highest BCUT2D eigenvalue weighted by Crippen LogP contribution is 2.38. The van der Waals surface area contributed by atoms with Gasteiger partial charge in [0.25, 0.3) is 0 Å². The topological polar surface area (TPSA) is 83.1 Å². The maximum absolute atomic E-state index is 12.8. The predicted octanol–water partition coefficient (Wildman–Crippen LogP) is 3.29. The summed E-state index contributed by atoms with van der Waals surface area (Å²) >= 11 is 0. The molecule has 3 rings (SSSR count). The van der Waals surface area contributed by atoms with Gasteiger partial charge in [0.2, 0.25) is 15.8 Å². The largest absolute Gasteiger partial charge is 0.493 e. The van der Waals surface area contributed by atoms with Gasteiger partial charge in [-0.2, -0.15) is 0 Å². The molecule has 2 aromatic rings. The number of aryl methyl sites for hydroxylation is 1. The van der Waals surface area contributed by atoms with Gasteiger partial charge in [0.1, 0.15) is 11.4 Å². The number of benzene rings is 2. The molecule has 0 aliphatic carbocycles. The summed E-state index contributed by atoms with van der Waals surface area (Å²) < 4.78 is 50.1. The monoisotopic (exact) mass is 421 g/mol. The van der Waals surface area contributed by atoms with Crippen molar-refractivity contribution in [1.82, 2.24) is 4.72 Å². The lowest BCUT2D eigenvalue weighted by Crippen LogP contribution is -2.32. The number of fused-ring (bicyclic) bond motifs is 1. The summed E-state index contributed by atoms with van der Waals surface area (Å²) in [6, 6.07) is 8.41. The Bertz CT molecular complexity index is 975. The minimum absolute atomic E-state index is 0.0830. The number of hydrogen-bond donors (Lipinski definition) is 1. The van der Waals surface area contributed by atoms with E-state index >= 15 is 0 Å². The molecule has 0 saturated carbocycles. The number of nitrogens with one attached hydrogen (secondary N) is 1. The summed E-state index contributed by atoms with van der Waals surface area (Å²) in [5, 5.41) is 0. The molecule has 158 valence electrons. The molecule has 0 radical (unpaired) electrons. The average Bonchev–Trinajstić information content (AvgIpc) is 2.70. The highest BCUT2D eigenvalue weighted by molar-refractivity contribution is 7.89. The van der Waals surface area contributed by atoms with Crippen molar-refractivity contribution in [2.24, 2.45) is 0 Å². The van der Waals surface area contributed by atoms with Crippen LogP contribution < -0.4 is 23.7 Å². The molecule has 0 amide bonds. The molecule has 0 atom stereocenters. The zero-order valence-electron chi connectivity index (χ0n) is 17.4. The van der Waals surface area contributed by atoms with Crippen molar-refractivity contribution in [3.8, 4) is 23.0 Å². The highest BCUT2D eigenvalue weighted by Gasteiger charge is 2.27. The fourth-order valence-corrected chi connectivity index (χ4v) is 4.37. The van der Waals surface area contributed by atoms with Gasteiger partial charge >= 0.3 is 0 Å². The van der Waals surface area contributed by atoms with Gasteiger partial charge in [-0.05, 0) is 68.1 Å². The minimum Gasteiger partial charge on any atom is -0.493 e. The van der Waals surface area contributed by atoms with Crippen LogP contribution in [-0.4, -0.2) is 35.3 Å². The van der Waals surface area contributed by atoms with Crippen molar-refractivity contribution in [3.05, 3.63) is 41.5 Å². The second-order valence-electron chi connectivity index (χ2n) is 7.49. The van der Waals surface area contributed by atoms with Gasteiger partial charge in [-0.15, -0.1) is 0 Å². The van der Waals surface area contributed by atoms with E-state index in [4.69, 9.17) is 18.9 Å². The third-order valence-electron chi connectivity index (χ3n) is 4.92. The zero-order chi connectivity index (χ0) is 21.2. The van der Waals surface area contributed by atoms with Gasteiger partial charge in [-0.3, -0.25) is 0 Å². The molecule has 0 aromatic heterocycles. The van der Waals surface area contributed by atoms with E-state index in [0.29, 0.717) is 22.8 Å². The summed E-state index contributed by atoms with van der Waals surface area (Å²) in [5.74, 6) is 2.13. The second-order valence-corrected chi connectivity index (χ2v) is 9.26. The summed E-state index contributed by atoms with van der Waals surface area (Å²) in [5.41, 5.74) is 1.35. The molecule has 0 saturated heterocycles. The van der Waals surface area contributed by atoms with E-state index < -0.39 is 10.0 Å². The van der Waals surface area contributed by atoms with Crippen molar-refractivity contribution in [2.75, 3.05) is 21.3 Å². The Morgan fingerprint density at radius 3 is 2.28 bits per heavy atom. The fraction of sp³-hybridized carbons (Fsp3) is 0.429. The SMILES string of the molecule is COc1cc(CNS(=O)(=O)c2ccc3c(c2)CCC(C)(C)O3)cc(OC)c1OC. The molecule has 7 nitrogen and oxygen atoms in total. The highest BCUT2D eigenvalue weighted by atomic mass is 32.2. The van der Waals surface area contributed by atoms with E-state index in [0.717, 1.165) is 24.2 Å². The lowest BCUT2D eigenvalue weighted by atomic mass is 9.94. The van der Waals surface area contributed by atoms with E-state index in [1.165, 1.54) is 21.3 Å². The molecule has 1 N–H and O–H groups in total. The van der Waals surface area contributed by atoms with Crippen molar-refractivity contribution in [2.45, 2.75) is 43.7 Å². The van der Waals surface area contributed by atoms with Gasteiger partial charge in [-0.1, -0.05) is 0 Å². The first-order valence-electron chi connectivity index (χ1n) is 9.29. The number of ether oxygens (including phenoxy) is 4. The Morgan fingerprint density at radius 2 is 1.69 bits per heavy atom. The molecule has 29 heavy (non-hydrogen) atoms. The van der Waals surface area contributed by atoms with Crippen LogP contribution in [0, 0.1) is 0 Å². The summed E-state index contributed by atoms with van der Waals surface area (Å²) in [4.78, 5) is 0.215. The first-order chi connectivity index (χ1) is 13.7. The van der Waals surface area contributed by atoms with Crippen molar-refractivity contribution in [3.63, 3.8) is 0 Å². The van der Waals surface area contributed by atoms with Crippen molar-refractivity contribution >= 4 is 10.0 Å². The van der Waals surface area contributed by atoms with E-state index in [-0.39, 0.29) is 17.0 Å². The normalized spacial score (nSPS) is 15.2. The quantitative estimate of drug-likeness (QED) is 0.739. The standard InChI is InChI=1S/C21H27NO6S/c1-21(2)9-8-15-12-16(6-7-17(15)28-21)29(23,24)22-13-14-10-18(25-3)20(27-5)19(11-14)26-4/h6-7,10-12,22H,8-9,13H2,1-5H3. The molecule has 0 spiro atoms. The lowest BCUT2D eigenvalue weighted by Gasteiger charge is -2.32. The Labute approximate surface area is 172 Å². The number of methoxy groups -OCH3 is 3. The van der Waals surface area contributed by atoms with Crippen LogP contribution in [0.1, 0.15) is 31.4 Å². The van der Waals surface area contributed by atoms with Crippen LogP contribution in [0.15, 0.2) is 35.2 Å². The Balaban J connectivity index is 1.81. The Kier molecular flexibility index (Phi) is 5.95. The predicted molar refractivity (Wildman–Crippen MR) is 110 cm³/mol. The Hall–Kier alpha value is -2.45. The van der Waals surface area contributed by atoms with E-state index in [9.17, 15) is 8.42 Å². The van der Waals surface area contributed by atoms with E-state index in [1.807, 2.05) is 13.8 Å². The van der Waals surface area contributed by atoms with Crippen LogP contribution in [0.3, 0.4) is 0 Å². The van der Waals surface area contributed by atoms with Crippen molar-refractivity contribution < 1.29 is 27.4 Å². The molecule has 0 fully saturated rings. The maximum Gasteiger partial charge on any atom is 0.240 e. The molecule has 1 aliphatic heterocycles. The lowest BCUT2D eigenvalue weighted by molar-refractivity contribution is 0.0845. The van der Waals surface area contributed by atoms with Gasteiger partial charge < -0.3 is 18.9 Å². The van der Waals surface area contributed by atoms with Gasteiger partial charge in [0.05, 0.1) is 26.2 Å². The smallest absolute Gasteiger partial charge is 0.240 e. The van der Waals surface area contributed by atoms with Crippen LogP contribution in [0.2, 0.25) is 0 Å². The van der Waals surface area contributed by atoms with Crippen LogP contribution >= 0.6 is 0 Å². The zero-order valence-corrected chi connectivity index (χ0v) is 18.2.